The molecule has 0 saturated heterocycles. The molecule has 0 aliphatic carbocycles. The molecule has 5 heteroatoms. The maximum Gasteiger partial charge on any atom is 0.226 e. The molecule has 1 heterocycles. The predicted octanol–water partition coefficient (Wildman–Crippen LogP) is 3.85. The first-order valence-corrected chi connectivity index (χ1v) is 7.69. The van der Waals surface area contributed by atoms with Gasteiger partial charge >= 0.3 is 0 Å². The number of aromatic nitrogens is 3. The van der Waals surface area contributed by atoms with Crippen LogP contribution in [-0.2, 0) is 12.8 Å². The lowest BCUT2D eigenvalue weighted by Crippen LogP contribution is -1.99. The number of rotatable bonds is 5. The SMILES string of the molecule is Cn1nc(SCc2ccccc2)nc1Nc1ccccc1. The number of nitrogens with one attached hydrogen (secondary N) is 1. The number of benzene rings is 2. The monoisotopic (exact) mass is 296 g/mol. The van der Waals surface area contributed by atoms with Crippen molar-refractivity contribution in [3.8, 4) is 0 Å². The van der Waals surface area contributed by atoms with Crippen LogP contribution in [0.1, 0.15) is 5.56 Å². The number of aryl methyl sites for hydroxylation is 1. The predicted molar refractivity (Wildman–Crippen MR) is 86.7 cm³/mol. The van der Waals surface area contributed by atoms with E-state index in [-0.39, 0.29) is 0 Å². The van der Waals surface area contributed by atoms with Crippen LogP contribution in [0.5, 0.6) is 0 Å². The molecule has 0 aliphatic rings. The van der Waals surface area contributed by atoms with E-state index >= 15 is 0 Å². The molecule has 1 aromatic heterocycles. The zero-order valence-electron chi connectivity index (χ0n) is 11.7. The molecule has 2 aromatic carbocycles. The number of anilines is 2. The summed E-state index contributed by atoms with van der Waals surface area (Å²) < 4.78 is 1.76. The molecule has 0 spiro atoms. The summed E-state index contributed by atoms with van der Waals surface area (Å²) >= 11 is 1.64. The van der Waals surface area contributed by atoms with Crippen molar-refractivity contribution in [2.45, 2.75) is 10.9 Å². The van der Waals surface area contributed by atoms with Crippen LogP contribution in [0.3, 0.4) is 0 Å². The van der Waals surface area contributed by atoms with E-state index in [2.05, 4.69) is 27.5 Å². The fourth-order valence-electron chi connectivity index (χ4n) is 1.90. The molecule has 0 radical (unpaired) electrons. The lowest BCUT2D eigenvalue weighted by molar-refractivity contribution is 0.745. The van der Waals surface area contributed by atoms with Gasteiger partial charge in [0.2, 0.25) is 11.1 Å². The van der Waals surface area contributed by atoms with Gasteiger partial charge in [-0.1, -0.05) is 60.3 Å². The van der Waals surface area contributed by atoms with Gasteiger partial charge in [-0.05, 0) is 17.7 Å². The lowest BCUT2D eigenvalue weighted by Gasteiger charge is -2.03. The van der Waals surface area contributed by atoms with E-state index in [1.165, 1.54) is 5.56 Å². The van der Waals surface area contributed by atoms with Crippen LogP contribution < -0.4 is 5.32 Å². The normalized spacial score (nSPS) is 10.5. The van der Waals surface area contributed by atoms with Crippen molar-refractivity contribution < 1.29 is 0 Å². The summed E-state index contributed by atoms with van der Waals surface area (Å²) in [7, 11) is 1.89. The van der Waals surface area contributed by atoms with E-state index in [9.17, 15) is 0 Å². The molecular formula is C16H16N4S. The Hall–Kier alpha value is -2.27. The molecule has 0 atom stereocenters. The quantitative estimate of drug-likeness (QED) is 0.726. The Balaban J connectivity index is 1.67. The van der Waals surface area contributed by atoms with E-state index < -0.39 is 0 Å². The number of hydrogen-bond acceptors (Lipinski definition) is 4. The fraction of sp³-hybridized carbons (Fsp3) is 0.125. The van der Waals surface area contributed by atoms with Crippen LogP contribution in [-0.4, -0.2) is 14.8 Å². The van der Waals surface area contributed by atoms with Crippen molar-refractivity contribution in [2.75, 3.05) is 5.32 Å². The second kappa shape index (κ2) is 6.45. The minimum atomic E-state index is 0.747. The minimum absolute atomic E-state index is 0.747. The van der Waals surface area contributed by atoms with Crippen molar-refractivity contribution >= 4 is 23.4 Å². The van der Waals surface area contributed by atoms with Crippen molar-refractivity contribution in [3.63, 3.8) is 0 Å². The molecule has 0 fully saturated rings. The maximum atomic E-state index is 4.52. The summed E-state index contributed by atoms with van der Waals surface area (Å²) in [5.41, 5.74) is 2.28. The molecule has 3 rings (SSSR count). The van der Waals surface area contributed by atoms with Crippen molar-refractivity contribution in [3.05, 3.63) is 66.2 Å². The zero-order valence-corrected chi connectivity index (χ0v) is 12.5. The van der Waals surface area contributed by atoms with Gasteiger partial charge in [-0.2, -0.15) is 4.98 Å². The summed E-state index contributed by atoms with van der Waals surface area (Å²) in [6.07, 6.45) is 0. The van der Waals surface area contributed by atoms with Gasteiger partial charge < -0.3 is 5.32 Å². The Morgan fingerprint density at radius 2 is 1.67 bits per heavy atom. The van der Waals surface area contributed by atoms with E-state index in [4.69, 9.17) is 0 Å². The topological polar surface area (TPSA) is 42.7 Å². The zero-order chi connectivity index (χ0) is 14.5. The van der Waals surface area contributed by atoms with Crippen molar-refractivity contribution in [1.29, 1.82) is 0 Å². The van der Waals surface area contributed by atoms with Crippen LogP contribution in [0.4, 0.5) is 11.6 Å². The molecule has 4 nitrogen and oxygen atoms in total. The smallest absolute Gasteiger partial charge is 0.226 e. The Labute approximate surface area is 128 Å². The first-order chi connectivity index (χ1) is 10.3. The highest BCUT2D eigenvalue weighted by atomic mass is 32.2. The van der Waals surface area contributed by atoms with Gasteiger partial charge in [-0.15, -0.1) is 5.10 Å². The number of para-hydroxylation sites is 1. The van der Waals surface area contributed by atoms with Gasteiger partial charge in [0.05, 0.1) is 0 Å². The lowest BCUT2D eigenvalue weighted by atomic mass is 10.2. The summed E-state index contributed by atoms with van der Waals surface area (Å²) in [4.78, 5) is 4.52. The maximum absolute atomic E-state index is 4.52. The highest BCUT2D eigenvalue weighted by molar-refractivity contribution is 7.98. The molecule has 0 aliphatic heterocycles. The van der Waals surface area contributed by atoms with E-state index in [0.29, 0.717) is 0 Å². The first-order valence-electron chi connectivity index (χ1n) is 6.71. The third-order valence-electron chi connectivity index (χ3n) is 2.98. The molecule has 0 saturated carbocycles. The first kappa shape index (κ1) is 13.7. The molecule has 21 heavy (non-hydrogen) atoms. The van der Waals surface area contributed by atoms with Crippen LogP contribution in [0, 0.1) is 0 Å². The van der Waals surface area contributed by atoms with E-state index in [0.717, 1.165) is 22.5 Å². The average molecular weight is 296 g/mol. The van der Waals surface area contributed by atoms with Crippen molar-refractivity contribution in [1.82, 2.24) is 14.8 Å². The van der Waals surface area contributed by atoms with Gasteiger partial charge in [0, 0.05) is 18.5 Å². The Morgan fingerprint density at radius 1 is 1.00 bits per heavy atom. The van der Waals surface area contributed by atoms with Crippen LogP contribution in [0.15, 0.2) is 65.8 Å². The van der Waals surface area contributed by atoms with Gasteiger partial charge in [0.1, 0.15) is 0 Å². The fourth-order valence-corrected chi connectivity index (χ4v) is 2.72. The number of nitrogens with zero attached hydrogens (tertiary/aromatic N) is 3. The molecule has 1 N–H and O–H groups in total. The number of thioether (sulfide) groups is 1. The molecule has 106 valence electrons. The second-order valence-corrected chi connectivity index (χ2v) is 5.55. The highest BCUT2D eigenvalue weighted by Gasteiger charge is 2.08. The van der Waals surface area contributed by atoms with Gasteiger partial charge in [-0.3, -0.25) is 0 Å². The standard InChI is InChI=1S/C16H16N4S/c1-20-15(17-14-10-6-3-7-11-14)18-16(19-20)21-12-13-8-4-2-5-9-13/h2-11H,12H2,1H3,(H,17,18,19). The van der Waals surface area contributed by atoms with Gasteiger partial charge in [-0.25, -0.2) is 4.68 Å². The largest absolute Gasteiger partial charge is 0.324 e. The Bertz CT molecular complexity index is 695. The molecular weight excluding hydrogens is 280 g/mol. The van der Waals surface area contributed by atoms with Crippen LogP contribution >= 0.6 is 11.8 Å². The molecule has 0 bridgehead atoms. The summed E-state index contributed by atoms with van der Waals surface area (Å²) in [6.45, 7) is 0. The summed E-state index contributed by atoms with van der Waals surface area (Å²) in [6, 6.07) is 20.3. The van der Waals surface area contributed by atoms with Gasteiger partial charge in [0.15, 0.2) is 0 Å². The van der Waals surface area contributed by atoms with Crippen LogP contribution in [0.2, 0.25) is 0 Å². The average Bonchev–Trinajstić information content (AvgIpc) is 2.87. The van der Waals surface area contributed by atoms with Crippen LogP contribution in [0.25, 0.3) is 0 Å². The Morgan fingerprint density at radius 3 is 2.38 bits per heavy atom. The molecule has 0 amide bonds. The molecule has 0 unspecified atom stereocenters. The van der Waals surface area contributed by atoms with E-state index in [1.807, 2.05) is 55.6 Å². The summed E-state index contributed by atoms with van der Waals surface area (Å²) in [5.74, 6) is 1.62. The Kier molecular flexibility index (Phi) is 4.21. The highest BCUT2D eigenvalue weighted by Crippen LogP contribution is 2.22. The van der Waals surface area contributed by atoms with Crippen molar-refractivity contribution in [2.24, 2.45) is 7.05 Å². The van der Waals surface area contributed by atoms with E-state index in [1.54, 1.807) is 16.4 Å². The van der Waals surface area contributed by atoms with Gasteiger partial charge in [0.25, 0.3) is 0 Å². The third kappa shape index (κ3) is 3.64. The second-order valence-electron chi connectivity index (χ2n) is 4.61. The minimum Gasteiger partial charge on any atom is -0.324 e. The molecule has 3 aromatic rings. The number of hydrogen-bond donors (Lipinski definition) is 1. The third-order valence-corrected chi connectivity index (χ3v) is 3.89. The summed E-state index contributed by atoms with van der Waals surface area (Å²) in [5, 5.41) is 8.47.